The number of aryl methyl sites for hydroxylation is 1. The van der Waals surface area contributed by atoms with Crippen LogP contribution in [0.1, 0.15) is 21.9 Å². The van der Waals surface area contributed by atoms with Gasteiger partial charge in [-0.05, 0) is 31.2 Å². The summed E-state index contributed by atoms with van der Waals surface area (Å²) in [4.78, 5) is 28.3. The van der Waals surface area contributed by atoms with E-state index < -0.39 is 40.2 Å². The molecule has 1 aromatic carbocycles. The highest BCUT2D eigenvalue weighted by atomic mass is 19.2. The van der Waals surface area contributed by atoms with E-state index in [0.717, 1.165) is 10.6 Å². The van der Waals surface area contributed by atoms with Crippen molar-refractivity contribution in [2.45, 2.75) is 6.92 Å². The summed E-state index contributed by atoms with van der Waals surface area (Å²) in [5, 5.41) is 21.4. The molecule has 0 spiro atoms. The van der Waals surface area contributed by atoms with Crippen molar-refractivity contribution in [3.8, 4) is 28.8 Å². The predicted octanol–water partition coefficient (Wildman–Crippen LogP) is 3.63. The summed E-state index contributed by atoms with van der Waals surface area (Å²) in [6, 6.07) is 6.21. The van der Waals surface area contributed by atoms with Gasteiger partial charge in [-0.3, -0.25) is 4.79 Å². The Morgan fingerprint density at radius 1 is 1.16 bits per heavy atom. The highest BCUT2D eigenvalue weighted by Gasteiger charge is 2.33. The van der Waals surface area contributed by atoms with Gasteiger partial charge in [0.25, 0.3) is 0 Å². The lowest BCUT2D eigenvalue weighted by Gasteiger charge is -2.11. The molecule has 4 heterocycles. The van der Waals surface area contributed by atoms with Crippen molar-refractivity contribution in [1.82, 2.24) is 24.5 Å². The highest BCUT2D eigenvalue weighted by Crippen LogP contribution is 2.44. The Hall–Kier alpha value is -4.54. The van der Waals surface area contributed by atoms with Crippen molar-refractivity contribution in [3.05, 3.63) is 71.6 Å². The molecule has 0 saturated heterocycles. The molecular formula is C21H13F2N5O4. The molecule has 11 heteroatoms. The molecular weight excluding hydrogens is 424 g/mol. The number of aromatic hydroxyl groups is 2. The topological polar surface area (TPSA) is 130 Å². The van der Waals surface area contributed by atoms with Gasteiger partial charge in [-0.2, -0.15) is 4.98 Å². The van der Waals surface area contributed by atoms with Crippen molar-refractivity contribution in [3.63, 3.8) is 0 Å². The molecule has 0 aliphatic rings. The number of nitrogens with one attached hydrogen (secondary N) is 1. The fourth-order valence-corrected chi connectivity index (χ4v) is 3.41. The van der Waals surface area contributed by atoms with Crippen molar-refractivity contribution in [2.75, 3.05) is 0 Å². The molecule has 9 nitrogen and oxygen atoms in total. The summed E-state index contributed by atoms with van der Waals surface area (Å²) in [5.41, 5.74) is -0.579. The molecule has 0 aliphatic carbocycles. The zero-order valence-electron chi connectivity index (χ0n) is 16.3. The van der Waals surface area contributed by atoms with E-state index >= 15 is 0 Å². The number of aromatic nitrogens is 5. The van der Waals surface area contributed by atoms with Crippen LogP contribution in [-0.4, -0.2) is 40.5 Å². The van der Waals surface area contributed by atoms with Gasteiger partial charge in [-0.1, -0.05) is 6.07 Å². The number of furan rings is 1. The zero-order chi connectivity index (χ0) is 22.6. The Balaban J connectivity index is 1.86. The summed E-state index contributed by atoms with van der Waals surface area (Å²) in [6.07, 6.45) is 2.72. The molecule has 160 valence electrons. The SMILES string of the molecule is Cc1ccc(C(=O)c2c(O)c(O)n(-c3ncc4[nH]cnc4n3)c2-c2cccc(F)c2F)o1. The Morgan fingerprint density at radius 2 is 1.97 bits per heavy atom. The van der Waals surface area contributed by atoms with E-state index in [1.165, 1.54) is 36.8 Å². The van der Waals surface area contributed by atoms with Crippen molar-refractivity contribution < 1.29 is 28.2 Å². The van der Waals surface area contributed by atoms with Crippen molar-refractivity contribution in [2.24, 2.45) is 0 Å². The number of rotatable bonds is 4. The van der Waals surface area contributed by atoms with Gasteiger partial charge >= 0.3 is 0 Å². The Labute approximate surface area is 177 Å². The number of benzene rings is 1. The summed E-state index contributed by atoms with van der Waals surface area (Å²) >= 11 is 0. The van der Waals surface area contributed by atoms with E-state index in [-0.39, 0.29) is 23.0 Å². The van der Waals surface area contributed by atoms with Gasteiger partial charge in [0.2, 0.25) is 17.6 Å². The van der Waals surface area contributed by atoms with Gasteiger partial charge in [0.1, 0.15) is 11.3 Å². The Morgan fingerprint density at radius 3 is 2.72 bits per heavy atom. The summed E-state index contributed by atoms with van der Waals surface area (Å²) in [6.45, 7) is 1.61. The first-order chi connectivity index (χ1) is 15.4. The number of halogens is 2. The average molecular weight is 437 g/mol. The number of ketones is 1. The summed E-state index contributed by atoms with van der Waals surface area (Å²) in [5.74, 6) is -5.03. The second-order valence-corrected chi connectivity index (χ2v) is 6.88. The minimum Gasteiger partial charge on any atom is -0.503 e. The second-order valence-electron chi connectivity index (χ2n) is 6.88. The average Bonchev–Trinajstić information content (AvgIpc) is 3.48. The molecule has 5 rings (SSSR count). The maximum Gasteiger partial charge on any atom is 0.243 e. The second kappa shape index (κ2) is 7.01. The van der Waals surface area contributed by atoms with Gasteiger partial charge in [0, 0.05) is 5.56 Å². The van der Waals surface area contributed by atoms with Crippen LogP contribution in [0, 0.1) is 18.6 Å². The van der Waals surface area contributed by atoms with Crippen LogP contribution in [0.2, 0.25) is 0 Å². The van der Waals surface area contributed by atoms with E-state index in [1.54, 1.807) is 6.92 Å². The third kappa shape index (κ3) is 2.82. The largest absolute Gasteiger partial charge is 0.503 e. The number of fused-ring (bicyclic) bond motifs is 1. The van der Waals surface area contributed by atoms with Crippen LogP contribution in [0.15, 0.2) is 47.3 Å². The fourth-order valence-electron chi connectivity index (χ4n) is 3.41. The van der Waals surface area contributed by atoms with E-state index in [4.69, 9.17) is 4.42 Å². The molecule has 3 N–H and O–H groups in total. The van der Waals surface area contributed by atoms with Crippen LogP contribution in [0.5, 0.6) is 11.6 Å². The van der Waals surface area contributed by atoms with Crippen LogP contribution in [0.25, 0.3) is 28.4 Å². The molecule has 0 fully saturated rings. The first-order valence-corrected chi connectivity index (χ1v) is 9.25. The van der Waals surface area contributed by atoms with Gasteiger partial charge in [-0.15, -0.1) is 0 Å². The smallest absolute Gasteiger partial charge is 0.243 e. The zero-order valence-corrected chi connectivity index (χ0v) is 16.3. The van der Waals surface area contributed by atoms with Crippen LogP contribution in [-0.2, 0) is 0 Å². The van der Waals surface area contributed by atoms with Crippen LogP contribution in [0.3, 0.4) is 0 Å². The standard InChI is InChI=1S/C21H13F2N5O4/c1-9-5-6-13(32-9)17(29)14-16(10-3-2-4-11(22)15(10)23)28(20(31)18(14)30)21-24-7-12-19(27-21)26-8-25-12/h2-8,30-31H,1H3,(H,24,25,26,27). The van der Waals surface area contributed by atoms with Gasteiger partial charge in [-0.25, -0.2) is 23.3 Å². The molecule has 0 bridgehead atoms. The number of carbonyl (C=O) groups excluding carboxylic acids is 1. The maximum atomic E-state index is 14.8. The van der Waals surface area contributed by atoms with Crippen LogP contribution in [0.4, 0.5) is 8.78 Å². The summed E-state index contributed by atoms with van der Waals surface area (Å²) < 4.78 is 35.1. The van der Waals surface area contributed by atoms with Gasteiger partial charge in [0.05, 0.1) is 23.8 Å². The lowest BCUT2D eigenvalue weighted by Crippen LogP contribution is -2.08. The van der Waals surface area contributed by atoms with E-state index in [2.05, 4.69) is 19.9 Å². The highest BCUT2D eigenvalue weighted by molar-refractivity contribution is 6.14. The minimum absolute atomic E-state index is 0.170. The number of hydrogen-bond acceptors (Lipinski definition) is 7. The van der Waals surface area contributed by atoms with Gasteiger partial charge in [0.15, 0.2) is 28.8 Å². The van der Waals surface area contributed by atoms with Crippen molar-refractivity contribution >= 4 is 16.9 Å². The number of nitrogens with zero attached hydrogens (tertiary/aromatic N) is 4. The number of H-pyrrole nitrogens is 1. The monoisotopic (exact) mass is 437 g/mol. The number of carbonyl (C=O) groups is 1. The quantitative estimate of drug-likeness (QED) is 0.366. The van der Waals surface area contributed by atoms with E-state index in [9.17, 15) is 23.8 Å². The molecule has 0 atom stereocenters. The molecule has 4 aromatic heterocycles. The Kier molecular flexibility index (Phi) is 4.26. The summed E-state index contributed by atoms with van der Waals surface area (Å²) in [7, 11) is 0. The maximum absolute atomic E-state index is 14.8. The molecule has 0 aliphatic heterocycles. The Bertz CT molecular complexity index is 1520. The lowest BCUT2D eigenvalue weighted by atomic mass is 10.0. The third-order valence-electron chi connectivity index (χ3n) is 4.88. The molecule has 0 radical (unpaired) electrons. The van der Waals surface area contributed by atoms with Gasteiger partial charge < -0.3 is 19.6 Å². The number of hydrogen-bond donors (Lipinski definition) is 3. The molecule has 0 unspecified atom stereocenters. The molecule has 0 amide bonds. The van der Waals surface area contributed by atoms with Crippen molar-refractivity contribution in [1.29, 1.82) is 0 Å². The number of imidazole rings is 1. The first-order valence-electron chi connectivity index (χ1n) is 9.25. The van der Waals surface area contributed by atoms with E-state index in [1.807, 2.05) is 0 Å². The molecule has 5 aromatic rings. The lowest BCUT2D eigenvalue weighted by molar-refractivity contribution is 0.101. The van der Waals surface area contributed by atoms with Crippen LogP contribution < -0.4 is 0 Å². The number of aromatic amines is 1. The first kappa shape index (κ1) is 19.4. The molecule has 0 saturated carbocycles. The van der Waals surface area contributed by atoms with Crippen LogP contribution >= 0.6 is 0 Å². The molecule has 32 heavy (non-hydrogen) atoms. The normalized spacial score (nSPS) is 11.3. The fraction of sp³-hybridized carbons (Fsp3) is 0.0476. The van der Waals surface area contributed by atoms with E-state index in [0.29, 0.717) is 11.3 Å². The predicted molar refractivity (Wildman–Crippen MR) is 107 cm³/mol. The third-order valence-corrected chi connectivity index (χ3v) is 4.88. The minimum atomic E-state index is -1.29.